The number of hydrogen-bond donors (Lipinski definition) is 0. The fourth-order valence-electron chi connectivity index (χ4n) is 4.06. The molecule has 1 aromatic carbocycles. The van der Waals surface area contributed by atoms with Crippen LogP contribution in [0, 0.1) is 20.9 Å². The fourth-order valence-corrected chi connectivity index (χ4v) is 4.06. The van der Waals surface area contributed by atoms with E-state index in [0.29, 0.717) is 18.9 Å². The fraction of sp³-hybridized carbons (Fsp3) is 0.600. The molecule has 0 radical (unpaired) electrons. The van der Waals surface area contributed by atoms with Crippen LogP contribution in [0.5, 0.6) is 5.75 Å². The van der Waals surface area contributed by atoms with Crippen molar-refractivity contribution in [3.8, 4) is 5.75 Å². The first-order valence-corrected chi connectivity index (χ1v) is 14.7. The van der Waals surface area contributed by atoms with Crippen LogP contribution in [-0.4, -0.2) is 49.6 Å². The third-order valence-electron chi connectivity index (χ3n) is 6.27. The van der Waals surface area contributed by atoms with Gasteiger partial charge in [0.1, 0.15) is 25.6 Å². The van der Waals surface area contributed by atoms with E-state index in [1.54, 1.807) is 6.07 Å². The van der Waals surface area contributed by atoms with Crippen molar-refractivity contribution >= 4 is 11.9 Å². The number of hydrogen-bond acceptors (Lipinski definition) is 11. The zero-order valence-corrected chi connectivity index (χ0v) is 25.3. The molecule has 2 rings (SSSR count). The molecule has 12 nitrogen and oxygen atoms in total. The lowest BCUT2D eigenvalue weighted by Gasteiger charge is -2.17. The molecule has 1 aliphatic carbocycles. The van der Waals surface area contributed by atoms with E-state index in [2.05, 4.69) is 27.2 Å². The summed E-state index contributed by atoms with van der Waals surface area (Å²) in [5.41, 5.74) is -0.670. The van der Waals surface area contributed by atoms with Crippen LogP contribution in [0.25, 0.3) is 0 Å². The predicted octanol–water partition coefficient (Wildman–Crippen LogP) is 7.10. The molecule has 0 N–H and O–H groups in total. The molecule has 1 fully saturated rings. The number of carbonyl (C=O) groups excluding carboxylic acids is 2. The summed E-state index contributed by atoms with van der Waals surface area (Å²) in [6, 6.07) is 5.01. The normalized spacial score (nSPS) is 14.0. The summed E-state index contributed by atoms with van der Waals surface area (Å²) in [6.45, 7) is 1.31. The SMILES string of the molecule is C/C=C\CCCC(=O)OCC(CO[N+](=O)[O-])OC(=O)CCCON=O.FC(F)(F)c1cccc(OCC/C=C/C2CCCC2)c1. The van der Waals surface area contributed by atoms with Gasteiger partial charge >= 0.3 is 18.1 Å². The Labute approximate surface area is 259 Å². The molecule has 15 heteroatoms. The minimum Gasteiger partial charge on any atom is -0.493 e. The zero-order valence-electron chi connectivity index (χ0n) is 25.3. The van der Waals surface area contributed by atoms with Gasteiger partial charge in [-0.3, -0.25) is 9.59 Å². The molecule has 0 saturated heterocycles. The maximum absolute atomic E-state index is 12.5. The van der Waals surface area contributed by atoms with Gasteiger partial charge in [-0.05, 0) is 69.6 Å². The van der Waals surface area contributed by atoms with E-state index in [-0.39, 0.29) is 38.2 Å². The molecular formula is C30H41F3N2O10. The molecule has 0 amide bonds. The minimum absolute atomic E-state index is 0.0597. The standard InChI is InChI=1S/C16H19F3O.C14H22N2O9/c17-16(18,19)14-9-5-10-15(12-14)20-11-4-3-8-13-6-1-2-7-13;1-2-3-4-5-7-13(17)22-10-12(11-24-16(20)21)25-14(18)8-6-9-23-15-19/h3,5,8-10,12-13H,1-2,4,6-7,11H2;2-3,12H,4-11H2,1H3/b8-3+;3-2-. The number of carbonyl (C=O) groups is 2. The maximum Gasteiger partial charge on any atom is 0.416 e. The summed E-state index contributed by atoms with van der Waals surface area (Å²) >= 11 is 0. The van der Waals surface area contributed by atoms with Crippen molar-refractivity contribution < 1.29 is 51.7 Å². The monoisotopic (exact) mass is 646 g/mol. The van der Waals surface area contributed by atoms with Crippen molar-refractivity contribution in [1.29, 1.82) is 0 Å². The molecule has 1 atom stereocenters. The highest BCUT2D eigenvalue weighted by Crippen LogP contribution is 2.31. The van der Waals surface area contributed by atoms with E-state index in [1.165, 1.54) is 31.7 Å². The number of unbranched alkanes of at least 4 members (excludes halogenated alkanes) is 1. The Hall–Kier alpha value is -4.17. The number of rotatable bonds is 20. The molecule has 252 valence electrons. The number of benzene rings is 1. The third-order valence-corrected chi connectivity index (χ3v) is 6.27. The second kappa shape index (κ2) is 23.2. The molecular weight excluding hydrogens is 605 g/mol. The van der Waals surface area contributed by atoms with Gasteiger partial charge in [0.2, 0.25) is 0 Å². The summed E-state index contributed by atoms with van der Waals surface area (Å²) < 4.78 is 52.8. The average molecular weight is 647 g/mol. The number of allylic oxidation sites excluding steroid dienone is 3. The van der Waals surface area contributed by atoms with Gasteiger partial charge in [-0.15, -0.1) is 15.0 Å². The van der Waals surface area contributed by atoms with E-state index in [9.17, 15) is 37.8 Å². The Morgan fingerprint density at radius 3 is 2.47 bits per heavy atom. The Balaban J connectivity index is 0.000000459. The number of nitrogens with zero attached hydrogens (tertiary/aromatic N) is 2. The van der Waals surface area contributed by atoms with Crippen molar-refractivity contribution in [3.63, 3.8) is 0 Å². The van der Waals surface area contributed by atoms with Crippen molar-refractivity contribution in [3.05, 3.63) is 69.2 Å². The Morgan fingerprint density at radius 2 is 1.80 bits per heavy atom. The smallest absolute Gasteiger partial charge is 0.416 e. The predicted molar refractivity (Wildman–Crippen MR) is 156 cm³/mol. The van der Waals surface area contributed by atoms with Crippen LogP contribution in [0.15, 0.2) is 53.9 Å². The highest BCUT2D eigenvalue weighted by molar-refractivity contribution is 5.70. The van der Waals surface area contributed by atoms with E-state index in [1.807, 2.05) is 19.1 Å². The van der Waals surface area contributed by atoms with E-state index in [0.717, 1.165) is 25.0 Å². The van der Waals surface area contributed by atoms with Crippen molar-refractivity contribution in [2.24, 2.45) is 11.3 Å². The highest BCUT2D eigenvalue weighted by Gasteiger charge is 2.30. The molecule has 1 aromatic rings. The summed E-state index contributed by atoms with van der Waals surface area (Å²) in [5.74, 6) is -0.245. The van der Waals surface area contributed by atoms with Gasteiger partial charge in [0.25, 0.3) is 5.09 Å². The molecule has 1 aliphatic rings. The van der Waals surface area contributed by atoms with Crippen molar-refractivity contribution in [2.45, 2.75) is 83.4 Å². The molecule has 0 heterocycles. The van der Waals surface area contributed by atoms with Crippen LogP contribution in [0.4, 0.5) is 13.2 Å². The quantitative estimate of drug-likeness (QED) is 0.0358. The molecule has 1 saturated carbocycles. The molecule has 45 heavy (non-hydrogen) atoms. The largest absolute Gasteiger partial charge is 0.493 e. The van der Waals surface area contributed by atoms with Gasteiger partial charge in [-0.25, -0.2) is 0 Å². The first-order valence-electron chi connectivity index (χ1n) is 14.7. The maximum atomic E-state index is 12.5. The second-order valence-corrected chi connectivity index (χ2v) is 9.92. The lowest BCUT2D eigenvalue weighted by Crippen LogP contribution is -2.30. The van der Waals surface area contributed by atoms with Crippen LogP contribution in [0.2, 0.25) is 0 Å². The van der Waals surface area contributed by atoms with Crippen LogP contribution in [0.1, 0.15) is 76.7 Å². The van der Waals surface area contributed by atoms with Gasteiger partial charge in [0.05, 0.1) is 12.2 Å². The van der Waals surface area contributed by atoms with Crippen molar-refractivity contribution in [2.75, 3.05) is 26.4 Å². The molecule has 0 bridgehead atoms. The number of halogens is 3. The summed E-state index contributed by atoms with van der Waals surface area (Å²) in [4.78, 5) is 51.4. The molecule has 0 aliphatic heterocycles. The lowest BCUT2D eigenvalue weighted by molar-refractivity contribution is -0.759. The van der Waals surface area contributed by atoms with Crippen LogP contribution in [0.3, 0.4) is 0 Å². The number of ether oxygens (including phenoxy) is 3. The van der Waals surface area contributed by atoms with Gasteiger partial charge < -0.3 is 23.9 Å². The molecule has 0 spiro atoms. The van der Waals surface area contributed by atoms with E-state index < -0.39 is 41.5 Å². The topological polar surface area (TPSA) is 153 Å². The zero-order chi connectivity index (χ0) is 33.3. The first-order chi connectivity index (χ1) is 21.5. The van der Waals surface area contributed by atoms with Gasteiger partial charge in [-0.2, -0.15) is 13.2 Å². The van der Waals surface area contributed by atoms with Crippen LogP contribution in [-0.2, 0) is 34.9 Å². The van der Waals surface area contributed by atoms with Crippen molar-refractivity contribution in [1.82, 2.24) is 0 Å². The summed E-state index contributed by atoms with van der Waals surface area (Å²) in [6.07, 6.45) is 10.1. The number of esters is 2. The van der Waals surface area contributed by atoms with E-state index >= 15 is 0 Å². The van der Waals surface area contributed by atoms with Crippen LogP contribution < -0.4 is 4.74 Å². The minimum atomic E-state index is -4.32. The Kier molecular flexibility index (Phi) is 20.1. The molecule has 1 unspecified atom stereocenters. The lowest BCUT2D eigenvalue weighted by atomic mass is 10.1. The van der Waals surface area contributed by atoms with Gasteiger partial charge in [0.15, 0.2) is 11.4 Å². The second-order valence-electron chi connectivity index (χ2n) is 9.92. The average Bonchev–Trinajstić information content (AvgIpc) is 3.52. The van der Waals surface area contributed by atoms with Gasteiger partial charge in [0, 0.05) is 12.8 Å². The van der Waals surface area contributed by atoms with Gasteiger partial charge in [-0.1, -0.05) is 43.2 Å². The van der Waals surface area contributed by atoms with Crippen LogP contribution >= 0.6 is 0 Å². The number of alkyl halides is 3. The summed E-state index contributed by atoms with van der Waals surface area (Å²) in [7, 11) is 0. The van der Waals surface area contributed by atoms with E-state index in [4.69, 9.17) is 14.2 Å². The molecule has 0 aromatic heterocycles. The third kappa shape index (κ3) is 20.4. The summed E-state index contributed by atoms with van der Waals surface area (Å²) in [5, 5.41) is 11.4. The Morgan fingerprint density at radius 1 is 1.07 bits per heavy atom. The first kappa shape index (κ1) is 38.9. The Bertz CT molecular complexity index is 1080. The highest BCUT2D eigenvalue weighted by atomic mass is 19.4.